The van der Waals surface area contributed by atoms with Crippen LogP contribution in [0, 0.1) is 11.3 Å². The molecule has 0 aromatic heterocycles. The van der Waals surface area contributed by atoms with Crippen molar-refractivity contribution in [2.45, 2.75) is 25.0 Å². The lowest BCUT2D eigenvalue weighted by Crippen LogP contribution is -2.39. The minimum absolute atomic E-state index is 0.174. The number of benzene rings is 1. The summed E-state index contributed by atoms with van der Waals surface area (Å²) in [5.74, 6) is 5.24. The number of carbonyl (C=O) groups is 1. The summed E-state index contributed by atoms with van der Waals surface area (Å²) in [5, 5.41) is 9.03. The predicted octanol–water partition coefficient (Wildman–Crippen LogP) is 1.24. The van der Waals surface area contributed by atoms with Gasteiger partial charge in [-0.2, -0.15) is 5.26 Å². The maximum Gasteiger partial charge on any atom is 0.263 e. The van der Waals surface area contributed by atoms with E-state index in [1.54, 1.807) is 18.2 Å². The molecule has 1 aliphatic heterocycles. The zero-order valence-electron chi connectivity index (χ0n) is 10.6. The minimum atomic E-state index is -0.519. The van der Waals surface area contributed by atoms with Crippen LogP contribution in [-0.4, -0.2) is 24.7 Å². The summed E-state index contributed by atoms with van der Waals surface area (Å²) in [6.45, 7) is 0.296. The first-order valence-electron chi connectivity index (χ1n) is 6.12. The van der Waals surface area contributed by atoms with Gasteiger partial charge >= 0.3 is 0 Å². The number of rotatable bonds is 4. The summed E-state index contributed by atoms with van der Waals surface area (Å²) in [6, 6.07) is 7.29. The van der Waals surface area contributed by atoms with Crippen molar-refractivity contribution < 1.29 is 14.3 Å². The zero-order valence-corrected chi connectivity index (χ0v) is 12.2. The normalized spacial score (nSPS) is 21.2. The summed E-state index contributed by atoms with van der Waals surface area (Å²) < 4.78 is 11.9. The van der Waals surface area contributed by atoms with Crippen molar-refractivity contribution in [1.82, 2.24) is 5.43 Å². The average Bonchev–Trinajstić information content (AvgIpc) is 2.93. The van der Waals surface area contributed by atoms with Crippen molar-refractivity contribution >= 4 is 21.8 Å². The van der Waals surface area contributed by atoms with Crippen LogP contribution in [0.15, 0.2) is 22.7 Å². The van der Waals surface area contributed by atoms with Gasteiger partial charge in [-0.1, -0.05) is 15.9 Å². The molecule has 7 heteroatoms. The molecule has 1 aromatic rings. The Balaban J connectivity index is 1.91. The number of nitrogens with one attached hydrogen (secondary N) is 1. The number of hydrogen-bond acceptors (Lipinski definition) is 5. The number of nitrogens with two attached hydrogens (primary N) is 1. The summed E-state index contributed by atoms with van der Waals surface area (Å²) in [5.41, 5.74) is 2.53. The van der Waals surface area contributed by atoms with Crippen LogP contribution in [0.1, 0.15) is 18.4 Å². The standard InChI is InChI=1S/C13H14BrN3O3/c14-9-1-3-11(8(5-9)6-15)19-7-10-2-4-12(20-10)13(18)17-16/h1,3,5,10,12H,2,4,7,16H2,(H,17,18). The van der Waals surface area contributed by atoms with Gasteiger partial charge in [-0.15, -0.1) is 0 Å². The van der Waals surface area contributed by atoms with Gasteiger partial charge in [-0.3, -0.25) is 10.2 Å². The maximum atomic E-state index is 11.3. The molecule has 106 valence electrons. The fourth-order valence-electron chi connectivity index (χ4n) is 2.01. The maximum absolute atomic E-state index is 11.3. The summed E-state index contributed by atoms with van der Waals surface area (Å²) in [4.78, 5) is 11.3. The minimum Gasteiger partial charge on any atom is -0.489 e. The number of nitriles is 1. The van der Waals surface area contributed by atoms with Crippen molar-refractivity contribution in [3.8, 4) is 11.8 Å². The number of hydrazine groups is 1. The Labute approximate surface area is 124 Å². The number of halogens is 1. The molecule has 1 heterocycles. The van der Waals surface area contributed by atoms with E-state index in [2.05, 4.69) is 27.4 Å². The van der Waals surface area contributed by atoms with Gasteiger partial charge in [-0.05, 0) is 31.0 Å². The first kappa shape index (κ1) is 14.8. The smallest absolute Gasteiger partial charge is 0.263 e. The highest BCUT2D eigenvalue weighted by Gasteiger charge is 2.30. The Morgan fingerprint density at radius 2 is 2.40 bits per heavy atom. The molecule has 3 N–H and O–H groups in total. The Bertz CT molecular complexity index is 544. The molecule has 6 nitrogen and oxygen atoms in total. The molecule has 1 aromatic carbocycles. The highest BCUT2D eigenvalue weighted by atomic mass is 79.9. The van der Waals surface area contributed by atoms with Gasteiger partial charge in [0.2, 0.25) is 0 Å². The van der Waals surface area contributed by atoms with Gasteiger partial charge in [0.15, 0.2) is 0 Å². The third-order valence-corrected chi connectivity index (χ3v) is 3.52. The topological polar surface area (TPSA) is 97.4 Å². The van der Waals surface area contributed by atoms with Crippen LogP contribution in [0.25, 0.3) is 0 Å². The number of amides is 1. The number of ether oxygens (including phenoxy) is 2. The molecule has 1 amide bonds. The summed E-state index contributed by atoms with van der Waals surface area (Å²) >= 11 is 3.30. The van der Waals surface area contributed by atoms with E-state index in [1.807, 2.05) is 0 Å². The molecule has 0 aliphatic carbocycles. The quantitative estimate of drug-likeness (QED) is 0.488. The van der Waals surface area contributed by atoms with Gasteiger partial charge in [0.1, 0.15) is 24.5 Å². The van der Waals surface area contributed by atoms with Crippen LogP contribution in [0.5, 0.6) is 5.75 Å². The molecule has 0 radical (unpaired) electrons. The zero-order chi connectivity index (χ0) is 14.5. The second-order valence-electron chi connectivity index (χ2n) is 4.40. The predicted molar refractivity (Wildman–Crippen MR) is 74.6 cm³/mol. The molecule has 0 spiro atoms. The van der Waals surface area contributed by atoms with E-state index < -0.39 is 6.10 Å². The van der Waals surface area contributed by atoms with Gasteiger partial charge in [0.25, 0.3) is 5.91 Å². The molecule has 1 fully saturated rings. The lowest BCUT2D eigenvalue weighted by Gasteiger charge is -2.14. The highest BCUT2D eigenvalue weighted by molar-refractivity contribution is 9.10. The third kappa shape index (κ3) is 3.48. The fourth-order valence-corrected chi connectivity index (χ4v) is 2.37. The Hall–Kier alpha value is -1.62. The first-order valence-corrected chi connectivity index (χ1v) is 6.91. The van der Waals surface area contributed by atoms with Gasteiger partial charge in [-0.25, -0.2) is 5.84 Å². The van der Waals surface area contributed by atoms with Crippen molar-refractivity contribution in [2.24, 2.45) is 5.84 Å². The largest absolute Gasteiger partial charge is 0.489 e. The van der Waals surface area contributed by atoms with E-state index in [-0.39, 0.29) is 12.0 Å². The number of hydrogen-bond donors (Lipinski definition) is 2. The first-order chi connectivity index (χ1) is 9.63. The molecule has 2 atom stereocenters. The van der Waals surface area contributed by atoms with E-state index in [1.165, 1.54) is 0 Å². The van der Waals surface area contributed by atoms with Gasteiger partial charge in [0, 0.05) is 4.47 Å². The van der Waals surface area contributed by atoms with Crippen LogP contribution >= 0.6 is 15.9 Å². The molecule has 0 saturated carbocycles. The van der Waals surface area contributed by atoms with E-state index in [9.17, 15) is 4.79 Å². The Morgan fingerprint density at radius 3 is 3.10 bits per heavy atom. The van der Waals surface area contributed by atoms with Crippen LogP contribution in [-0.2, 0) is 9.53 Å². The van der Waals surface area contributed by atoms with Crippen LogP contribution < -0.4 is 16.0 Å². The van der Waals surface area contributed by atoms with Crippen LogP contribution in [0.4, 0.5) is 0 Å². The molecular weight excluding hydrogens is 326 g/mol. The third-order valence-electron chi connectivity index (χ3n) is 3.03. The Morgan fingerprint density at radius 1 is 1.60 bits per heavy atom. The average molecular weight is 340 g/mol. The van der Waals surface area contributed by atoms with Gasteiger partial charge < -0.3 is 9.47 Å². The highest BCUT2D eigenvalue weighted by Crippen LogP contribution is 2.25. The SMILES string of the molecule is N#Cc1cc(Br)ccc1OCC1CCC(C(=O)NN)O1. The van der Waals surface area contributed by atoms with Gasteiger partial charge in [0.05, 0.1) is 11.7 Å². The van der Waals surface area contributed by atoms with E-state index in [0.29, 0.717) is 24.3 Å². The van der Waals surface area contributed by atoms with Crippen molar-refractivity contribution in [1.29, 1.82) is 5.26 Å². The van der Waals surface area contributed by atoms with Crippen molar-refractivity contribution in [2.75, 3.05) is 6.61 Å². The lowest BCUT2D eigenvalue weighted by molar-refractivity contribution is -0.132. The lowest BCUT2D eigenvalue weighted by atomic mass is 10.2. The summed E-state index contributed by atoms with van der Waals surface area (Å²) in [6.07, 6.45) is 0.639. The van der Waals surface area contributed by atoms with E-state index >= 15 is 0 Å². The second kappa shape index (κ2) is 6.70. The molecular formula is C13H14BrN3O3. The molecule has 1 saturated heterocycles. The van der Waals surface area contributed by atoms with E-state index in [4.69, 9.17) is 20.6 Å². The van der Waals surface area contributed by atoms with Crippen LogP contribution in [0.3, 0.4) is 0 Å². The van der Waals surface area contributed by atoms with Crippen LogP contribution in [0.2, 0.25) is 0 Å². The van der Waals surface area contributed by atoms with Crippen molar-refractivity contribution in [3.05, 3.63) is 28.2 Å². The van der Waals surface area contributed by atoms with Crippen molar-refractivity contribution in [3.63, 3.8) is 0 Å². The molecule has 2 rings (SSSR count). The monoisotopic (exact) mass is 339 g/mol. The summed E-state index contributed by atoms with van der Waals surface area (Å²) in [7, 11) is 0. The number of carbonyl (C=O) groups excluding carboxylic acids is 1. The van der Waals surface area contributed by atoms with E-state index in [0.717, 1.165) is 10.9 Å². The molecule has 0 bridgehead atoms. The second-order valence-corrected chi connectivity index (χ2v) is 5.31. The Kier molecular flexibility index (Phi) is 4.95. The molecule has 1 aliphatic rings. The molecule has 2 unspecified atom stereocenters. The fraction of sp³-hybridized carbons (Fsp3) is 0.385. The molecule has 20 heavy (non-hydrogen) atoms. The number of nitrogens with zero attached hydrogens (tertiary/aromatic N) is 1.